The number of alkyl halides is 1. The summed E-state index contributed by atoms with van der Waals surface area (Å²) in [6, 6.07) is 1.74. The summed E-state index contributed by atoms with van der Waals surface area (Å²) in [5.74, 6) is 7.01. The minimum atomic E-state index is -0.775. The first-order chi connectivity index (χ1) is 9.29. The number of ether oxygens (including phenoxy) is 1. The van der Waals surface area contributed by atoms with Crippen molar-refractivity contribution in [1.82, 2.24) is 9.97 Å². The molecule has 1 aromatic rings. The van der Waals surface area contributed by atoms with Crippen molar-refractivity contribution in [2.24, 2.45) is 0 Å². The van der Waals surface area contributed by atoms with Crippen LogP contribution in [0.1, 0.15) is 26.2 Å². The van der Waals surface area contributed by atoms with Crippen molar-refractivity contribution in [3.8, 4) is 17.7 Å². The molecule has 102 valence electrons. The zero-order valence-corrected chi connectivity index (χ0v) is 11.1. The summed E-state index contributed by atoms with van der Waals surface area (Å²) < 4.78 is 18.8. The highest BCUT2D eigenvalue weighted by Gasteiger charge is 2.20. The zero-order chi connectivity index (χ0) is 13.5. The van der Waals surface area contributed by atoms with Crippen LogP contribution >= 0.6 is 0 Å². The minimum Gasteiger partial charge on any atom is -0.464 e. The molecule has 0 radical (unpaired) electrons. The second kappa shape index (κ2) is 6.93. The molecule has 1 aliphatic heterocycles. The molecule has 4 nitrogen and oxygen atoms in total. The van der Waals surface area contributed by atoms with Crippen molar-refractivity contribution >= 4 is 5.82 Å². The van der Waals surface area contributed by atoms with Crippen LogP contribution in [0.5, 0.6) is 5.88 Å². The Morgan fingerprint density at radius 1 is 1.47 bits per heavy atom. The summed E-state index contributed by atoms with van der Waals surface area (Å²) in [6.45, 7) is 3.52. The van der Waals surface area contributed by atoms with Crippen LogP contribution in [0, 0.1) is 11.8 Å². The van der Waals surface area contributed by atoms with Crippen LogP contribution in [0.3, 0.4) is 0 Å². The van der Waals surface area contributed by atoms with Gasteiger partial charge < -0.3 is 9.64 Å². The van der Waals surface area contributed by atoms with Gasteiger partial charge in [0.1, 0.15) is 18.3 Å². The average molecular weight is 263 g/mol. The van der Waals surface area contributed by atoms with Gasteiger partial charge in [0.15, 0.2) is 6.61 Å². The third-order valence-electron chi connectivity index (χ3n) is 2.91. The maximum atomic E-state index is 13.4. The Kier molecular flexibility index (Phi) is 4.96. The predicted octanol–water partition coefficient (Wildman–Crippen LogP) is 2.21. The van der Waals surface area contributed by atoms with E-state index < -0.39 is 6.17 Å². The van der Waals surface area contributed by atoms with Gasteiger partial charge in [0.05, 0.1) is 6.54 Å². The van der Waals surface area contributed by atoms with Crippen molar-refractivity contribution < 1.29 is 9.13 Å². The SMILES string of the molecule is CCC#CCOc1cc(N2CCCC(F)C2)ncn1. The Labute approximate surface area is 113 Å². The zero-order valence-electron chi connectivity index (χ0n) is 11.1. The van der Waals surface area contributed by atoms with E-state index >= 15 is 0 Å². The number of hydrogen-bond acceptors (Lipinski definition) is 4. The van der Waals surface area contributed by atoms with Gasteiger partial charge in [-0.15, -0.1) is 5.92 Å². The summed E-state index contributed by atoms with van der Waals surface area (Å²) in [4.78, 5) is 10.1. The number of halogens is 1. The second-order valence-corrected chi connectivity index (χ2v) is 4.40. The Bertz CT molecular complexity index is 469. The monoisotopic (exact) mass is 263 g/mol. The maximum absolute atomic E-state index is 13.4. The number of hydrogen-bond donors (Lipinski definition) is 0. The second-order valence-electron chi connectivity index (χ2n) is 4.40. The van der Waals surface area contributed by atoms with Crippen molar-refractivity contribution in [3.05, 3.63) is 12.4 Å². The number of nitrogens with zero attached hydrogens (tertiary/aromatic N) is 3. The van der Waals surface area contributed by atoms with Crippen molar-refractivity contribution in [2.45, 2.75) is 32.4 Å². The van der Waals surface area contributed by atoms with Gasteiger partial charge in [0.25, 0.3) is 0 Å². The van der Waals surface area contributed by atoms with E-state index in [9.17, 15) is 4.39 Å². The average Bonchev–Trinajstić information content (AvgIpc) is 2.44. The Morgan fingerprint density at radius 3 is 3.16 bits per heavy atom. The third kappa shape index (κ3) is 4.09. The van der Waals surface area contributed by atoms with Crippen molar-refractivity contribution in [2.75, 3.05) is 24.6 Å². The predicted molar refractivity (Wildman–Crippen MR) is 71.9 cm³/mol. The molecule has 0 amide bonds. The quantitative estimate of drug-likeness (QED) is 0.784. The molecule has 0 spiro atoms. The summed E-state index contributed by atoms with van der Waals surface area (Å²) in [5, 5.41) is 0. The lowest BCUT2D eigenvalue weighted by atomic mass is 10.1. The molecule has 1 aromatic heterocycles. The summed E-state index contributed by atoms with van der Waals surface area (Å²) in [5.41, 5.74) is 0. The van der Waals surface area contributed by atoms with Gasteiger partial charge in [-0.25, -0.2) is 14.4 Å². The van der Waals surface area contributed by atoms with Crippen LogP contribution in [0.4, 0.5) is 10.2 Å². The smallest absolute Gasteiger partial charge is 0.219 e. The summed E-state index contributed by atoms with van der Waals surface area (Å²) in [6.07, 6.45) is 2.97. The van der Waals surface area contributed by atoms with E-state index in [1.54, 1.807) is 6.07 Å². The van der Waals surface area contributed by atoms with Gasteiger partial charge in [0, 0.05) is 19.0 Å². The largest absolute Gasteiger partial charge is 0.464 e. The summed E-state index contributed by atoms with van der Waals surface area (Å²) in [7, 11) is 0. The van der Waals surface area contributed by atoms with Crippen LogP contribution in [0.25, 0.3) is 0 Å². The molecule has 1 atom stereocenters. The fraction of sp³-hybridized carbons (Fsp3) is 0.571. The van der Waals surface area contributed by atoms with Gasteiger partial charge in [-0.05, 0) is 12.8 Å². The first kappa shape index (κ1) is 13.6. The first-order valence-electron chi connectivity index (χ1n) is 6.59. The molecule has 1 unspecified atom stereocenters. The van der Waals surface area contributed by atoms with Gasteiger partial charge >= 0.3 is 0 Å². The van der Waals surface area contributed by atoms with E-state index in [0.29, 0.717) is 25.5 Å². The lowest BCUT2D eigenvalue weighted by Crippen LogP contribution is -2.36. The molecular formula is C14H18FN3O. The number of rotatable bonds is 3. The van der Waals surface area contributed by atoms with Crippen LogP contribution in [-0.2, 0) is 0 Å². The molecular weight excluding hydrogens is 245 g/mol. The maximum Gasteiger partial charge on any atom is 0.219 e. The highest BCUT2D eigenvalue weighted by molar-refractivity contribution is 5.41. The lowest BCUT2D eigenvalue weighted by molar-refractivity contribution is 0.285. The molecule has 2 heterocycles. The highest BCUT2D eigenvalue weighted by atomic mass is 19.1. The number of anilines is 1. The van der Waals surface area contributed by atoms with E-state index in [4.69, 9.17) is 4.74 Å². The van der Waals surface area contributed by atoms with E-state index in [-0.39, 0.29) is 0 Å². The highest BCUT2D eigenvalue weighted by Crippen LogP contribution is 2.21. The van der Waals surface area contributed by atoms with Crippen LogP contribution < -0.4 is 9.64 Å². The van der Waals surface area contributed by atoms with Crippen LogP contribution in [0.2, 0.25) is 0 Å². The summed E-state index contributed by atoms with van der Waals surface area (Å²) >= 11 is 0. The molecule has 0 N–H and O–H groups in total. The fourth-order valence-corrected chi connectivity index (χ4v) is 2.00. The molecule has 0 bridgehead atoms. The molecule has 2 rings (SSSR count). The fourth-order valence-electron chi connectivity index (χ4n) is 2.00. The standard InChI is InChI=1S/C14H18FN3O/c1-2-3-4-8-19-14-9-13(16-11-17-14)18-7-5-6-12(15)10-18/h9,11-12H,2,5-8,10H2,1H3. The van der Waals surface area contributed by atoms with E-state index in [1.165, 1.54) is 6.33 Å². The third-order valence-corrected chi connectivity index (χ3v) is 2.91. The van der Waals surface area contributed by atoms with Crippen molar-refractivity contribution in [1.29, 1.82) is 0 Å². The topological polar surface area (TPSA) is 38.2 Å². The number of piperidine rings is 1. The molecule has 1 aliphatic rings. The van der Waals surface area contributed by atoms with Crippen LogP contribution in [-0.4, -0.2) is 35.8 Å². The van der Waals surface area contributed by atoms with Gasteiger partial charge in [0.2, 0.25) is 5.88 Å². The normalized spacial score (nSPS) is 18.6. The van der Waals surface area contributed by atoms with E-state index in [2.05, 4.69) is 21.8 Å². The molecule has 0 aliphatic carbocycles. The first-order valence-corrected chi connectivity index (χ1v) is 6.59. The Hall–Kier alpha value is -1.83. The molecule has 1 fully saturated rings. The molecule has 5 heteroatoms. The molecule has 1 saturated heterocycles. The lowest BCUT2D eigenvalue weighted by Gasteiger charge is -2.29. The van der Waals surface area contributed by atoms with E-state index in [0.717, 1.165) is 25.2 Å². The molecule has 0 aromatic carbocycles. The Morgan fingerprint density at radius 2 is 2.37 bits per heavy atom. The van der Waals surface area contributed by atoms with E-state index in [1.807, 2.05) is 11.8 Å². The Balaban J connectivity index is 1.98. The van der Waals surface area contributed by atoms with Gasteiger partial charge in [-0.2, -0.15) is 0 Å². The van der Waals surface area contributed by atoms with Crippen molar-refractivity contribution in [3.63, 3.8) is 0 Å². The molecule has 0 saturated carbocycles. The minimum absolute atomic E-state index is 0.316. The van der Waals surface area contributed by atoms with Gasteiger partial charge in [-0.3, -0.25) is 0 Å². The van der Waals surface area contributed by atoms with Crippen LogP contribution in [0.15, 0.2) is 12.4 Å². The van der Waals surface area contributed by atoms with Gasteiger partial charge in [-0.1, -0.05) is 12.8 Å². The molecule has 19 heavy (non-hydrogen) atoms. The number of aromatic nitrogens is 2.